The van der Waals surface area contributed by atoms with E-state index < -0.39 is 11.7 Å². The second-order valence-corrected chi connectivity index (χ2v) is 7.41. The number of ether oxygens (including phenoxy) is 2. The molecular weight excluding hydrogens is 360 g/mol. The van der Waals surface area contributed by atoms with Gasteiger partial charge in [0.2, 0.25) is 0 Å². The summed E-state index contributed by atoms with van der Waals surface area (Å²) in [7, 11) is 1.63. The maximum absolute atomic E-state index is 13.1. The molecule has 1 saturated heterocycles. The zero-order chi connectivity index (χ0) is 20.5. The number of hydrogen-bond donors (Lipinski definition) is 1. The fraction of sp³-hybridized carbons (Fsp3) is 0.524. The Morgan fingerprint density at radius 3 is 2.32 bits per heavy atom. The normalized spacial score (nSPS) is 19.1. The first-order chi connectivity index (χ1) is 13.3. The molecule has 0 bridgehead atoms. The molecule has 0 radical (unpaired) electrons. The number of benzene rings is 1. The van der Waals surface area contributed by atoms with Crippen LogP contribution in [0.4, 0.5) is 4.79 Å². The Morgan fingerprint density at radius 2 is 1.79 bits per heavy atom. The number of hydrogen-bond acceptors (Lipinski definition) is 6. The fourth-order valence-electron chi connectivity index (χ4n) is 4.26. The van der Waals surface area contributed by atoms with Crippen LogP contribution in [-0.4, -0.2) is 49.5 Å². The highest BCUT2D eigenvalue weighted by molar-refractivity contribution is 6.24. The first-order valence-corrected chi connectivity index (χ1v) is 9.60. The Hall–Kier alpha value is -2.38. The van der Waals surface area contributed by atoms with Crippen molar-refractivity contribution in [3.8, 4) is 0 Å². The molecule has 2 aliphatic heterocycles. The summed E-state index contributed by atoms with van der Waals surface area (Å²) in [5.74, 6) is 0.141. The van der Waals surface area contributed by atoms with Crippen LogP contribution < -0.4 is 5.32 Å². The third-order valence-electron chi connectivity index (χ3n) is 5.45. The highest BCUT2D eigenvalue weighted by Gasteiger charge is 2.50. The molecule has 0 aliphatic carbocycles. The van der Waals surface area contributed by atoms with Crippen LogP contribution in [0.2, 0.25) is 0 Å². The number of carbonyl (C=O) groups excluding carboxylic acids is 2. The van der Waals surface area contributed by atoms with Crippen LogP contribution in [-0.2, 0) is 19.1 Å². The van der Waals surface area contributed by atoms with Crippen molar-refractivity contribution in [2.45, 2.75) is 46.1 Å². The van der Waals surface area contributed by atoms with E-state index in [4.69, 9.17) is 14.3 Å². The van der Waals surface area contributed by atoms with Crippen molar-refractivity contribution in [1.82, 2.24) is 10.4 Å². The molecule has 1 aromatic rings. The van der Waals surface area contributed by atoms with Gasteiger partial charge in [-0.3, -0.25) is 4.79 Å². The minimum Gasteiger partial charge on any atom is -0.434 e. The van der Waals surface area contributed by atoms with Gasteiger partial charge in [-0.2, -0.15) is 5.06 Å². The largest absolute Gasteiger partial charge is 0.513 e. The summed E-state index contributed by atoms with van der Waals surface area (Å²) in [5, 5.41) is 4.93. The number of aryl methyl sites for hydroxylation is 3. The molecule has 1 aromatic carbocycles. The van der Waals surface area contributed by atoms with Crippen molar-refractivity contribution in [3.63, 3.8) is 0 Å². The summed E-state index contributed by atoms with van der Waals surface area (Å²) in [6, 6.07) is 4.06. The molecule has 0 aromatic heterocycles. The van der Waals surface area contributed by atoms with Gasteiger partial charge in [-0.05, 0) is 57.2 Å². The Labute approximate surface area is 165 Å². The van der Waals surface area contributed by atoms with Gasteiger partial charge in [0.05, 0.1) is 19.3 Å². The summed E-state index contributed by atoms with van der Waals surface area (Å²) in [6.07, 6.45) is 0.367. The number of rotatable bonds is 4. The number of nitrogens with one attached hydrogen (secondary N) is 1. The third kappa shape index (κ3) is 3.64. The van der Waals surface area contributed by atoms with Gasteiger partial charge in [-0.25, -0.2) is 4.79 Å². The molecule has 3 rings (SSSR count). The fourth-order valence-corrected chi connectivity index (χ4v) is 4.26. The predicted octanol–water partition coefficient (Wildman–Crippen LogP) is 3.02. The first-order valence-electron chi connectivity index (χ1n) is 9.60. The Kier molecular flexibility index (Phi) is 5.76. The summed E-state index contributed by atoms with van der Waals surface area (Å²) in [4.78, 5) is 30.6. The zero-order valence-electron chi connectivity index (χ0n) is 17.2. The Balaban J connectivity index is 2.12. The van der Waals surface area contributed by atoms with E-state index in [2.05, 4.69) is 5.32 Å². The number of hydroxylamine groups is 2. The lowest BCUT2D eigenvalue weighted by Crippen LogP contribution is -2.53. The van der Waals surface area contributed by atoms with E-state index in [0.717, 1.165) is 22.3 Å². The second-order valence-electron chi connectivity index (χ2n) is 7.41. The molecule has 152 valence electrons. The molecule has 0 unspecified atom stereocenters. The number of nitrogens with zero attached hydrogens (tertiary/aromatic N) is 1. The summed E-state index contributed by atoms with van der Waals surface area (Å²) in [5.41, 5.74) is 3.56. The Bertz CT molecular complexity index is 799. The van der Waals surface area contributed by atoms with Gasteiger partial charge < -0.3 is 19.6 Å². The van der Waals surface area contributed by atoms with E-state index in [-0.39, 0.29) is 12.5 Å². The highest BCUT2D eigenvalue weighted by atomic mass is 16.7. The predicted molar refractivity (Wildman–Crippen MR) is 104 cm³/mol. The lowest BCUT2D eigenvalue weighted by Gasteiger charge is -2.38. The van der Waals surface area contributed by atoms with Crippen LogP contribution in [0.5, 0.6) is 0 Å². The quantitative estimate of drug-likeness (QED) is 0.799. The lowest BCUT2D eigenvalue weighted by atomic mass is 9.85. The molecular formula is C21H28N2O5. The number of piperidine rings is 1. The van der Waals surface area contributed by atoms with Crippen LogP contribution in [0.15, 0.2) is 17.9 Å². The van der Waals surface area contributed by atoms with Crippen LogP contribution >= 0.6 is 0 Å². The maximum Gasteiger partial charge on any atom is 0.513 e. The molecule has 28 heavy (non-hydrogen) atoms. The van der Waals surface area contributed by atoms with E-state index >= 15 is 0 Å². The van der Waals surface area contributed by atoms with Crippen LogP contribution in [0.25, 0.3) is 5.57 Å². The summed E-state index contributed by atoms with van der Waals surface area (Å²) < 4.78 is 10.7. The van der Waals surface area contributed by atoms with Crippen LogP contribution in [0.1, 0.15) is 42.0 Å². The summed E-state index contributed by atoms with van der Waals surface area (Å²) in [6.45, 7) is 9.11. The smallest absolute Gasteiger partial charge is 0.434 e. The molecule has 7 nitrogen and oxygen atoms in total. The zero-order valence-corrected chi connectivity index (χ0v) is 17.2. The van der Waals surface area contributed by atoms with Crippen molar-refractivity contribution in [2.24, 2.45) is 0 Å². The monoisotopic (exact) mass is 388 g/mol. The third-order valence-corrected chi connectivity index (χ3v) is 5.45. The molecule has 0 saturated carbocycles. The SMILES string of the molecule is CCOC(=O)OC1=C(c2c(C)cc(C)cc2C)C(=O)NC12CCN(OC)CC2. The van der Waals surface area contributed by atoms with Crippen LogP contribution in [0, 0.1) is 20.8 Å². The van der Waals surface area contributed by atoms with Gasteiger partial charge >= 0.3 is 6.16 Å². The topological polar surface area (TPSA) is 77.1 Å². The van der Waals surface area contributed by atoms with E-state index in [9.17, 15) is 9.59 Å². The minimum absolute atomic E-state index is 0.204. The molecule has 2 aliphatic rings. The number of amides is 1. The molecule has 0 atom stereocenters. The number of carbonyl (C=O) groups is 2. The second kappa shape index (κ2) is 7.93. The summed E-state index contributed by atoms with van der Waals surface area (Å²) >= 11 is 0. The van der Waals surface area contributed by atoms with Gasteiger partial charge in [0.25, 0.3) is 5.91 Å². The standard InChI is InChI=1S/C21H28N2O5/c1-6-27-20(25)28-18-17(16-14(3)11-13(2)12-15(16)4)19(24)22-21(18)7-9-23(26-5)10-8-21/h11-12H,6-10H2,1-5H3,(H,22,24). The van der Waals surface area contributed by atoms with Crippen LogP contribution in [0.3, 0.4) is 0 Å². The molecule has 1 amide bonds. The van der Waals surface area contributed by atoms with Crippen molar-refractivity contribution < 1.29 is 23.9 Å². The lowest BCUT2D eigenvalue weighted by molar-refractivity contribution is -0.152. The molecule has 1 N–H and O–H groups in total. The first kappa shape index (κ1) is 20.4. The van der Waals surface area contributed by atoms with E-state index in [1.54, 1.807) is 14.0 Å². The maximum atomic E-state index is 13.1. The van der Waals surface area contributed by atoms with Gasteiger partial charge in [0.1, 0.15) is 5.54 Å². The molecule has 1 spiro atoms. The van der Waals surface area contributed by atoms with Gasteiger partial charge in [0.15, 0.2) is 5.76 Å². The highest BCUT2D eigenvalue weighted by Crippen LogP contribution is 2.42. The molecule has 1 fully saturated rings. The average Bonchev–Trinajstić information content (AvgIpc) is 2.87. The van der Waals surface area contributed by atoms with E-state index in [1.165, 1.54) is 0 Å². The van der Waals surface area contributed by atoms with Crippen molar-refractivity contribution in [1.29, 1.82) is 0 Å². The minimum atomic E-state index is -0.789. The van der Waals surface area contributed by atoms with E-state index in [0.29, 0.717) is 37.3 Å². The van der Waals surface area contributed by atoms with Gasteiger partial charge in [-0.15, -0.1) is 0 Å². The van der Waals surface area contributed by atoms with Crippen molar-refractivity contribution >= 4 is 17.6 Å². The van der Waals surface area contributed by atoms with Crippen molar-refractivity contribution in [2.75, 3.05) is 26.8 Å². The van der Waals surface area contributed by atoms with Crippen molar-refractivity contribution in [3.05, 3.63) is 40.1 Å². The Morgan fingerprint density at radius 1 is 1.18 bits per heavy atom. The van der Waals surface area contributed by atoms with E-state index in [1.807, 2.05) is 38.0 Å². The molecule has 2 heterocycles. The van der Waals surface area contributed by atoms with Gasteiger partial charge in [-0.1, -0.05) is 17.7 Å². The molecule has 7 heteroatoms. The van der Waals surface area contributed by atoms with Gasteiger partial charge in [0, 0.05) is 13.1 Å². The average molecular weight is 388 g/mol.